The zero-order valence-electron chi connectivity index (χ0n) is 12.9. The number of halogens is 1. The van der Waals surface area contributed by atoms with E-state index >= 15 is 0 Å². The summed E-state index contributed by atoms with van der Waals surface area (Å²) in [5, 5.41) is 6.57. The standard InChI is InChI=1S/C17H20FN3S/c1-4-11-19-17-21(20-13(5-2)6-3)16(12-22-17)14-9-7-8-10-15(14)18/h4,7-10,12H,1,5-6,11H2,2-3H3. The molecule has 0 aliphatic carbocycles. The molecular weight excluding hydrogens is 297 g/mol. The van der Waals surface area contributed by atoms with Gasteiger partial charge in [-0.2, -0.15) is 5.10 Å². The molecule has 22 heavy (non-hydrogen) atoms. The van der Waals surface area contributed by atoms with Crippen LogP contribution in [0.15, 0.2) is 52.4 Å². The Morgan fingerprint density at radius 2 is 2.05 bits per heavy atom. The average molecular weight is 317 g/mol. The minimum atomic E-state index is -0.255. The largest absolute Gasteiger partial charge is 0.253 e. The Bertz CT molecular complexity index is 734. The van der Waals surface area contributed by atoms with E-state index in [1.807, 2.05) is 11.4 Å². The summed E-state index contributed by atoms with van der Waals surface area (Å²) in [6, 6.07) is 6.73. The molecule has 0 saturated heterocycles. The molecule has 0 radical (unpaired) electrons. The molecule has 2 aromatic rings. The van der Waals surface area contributed by atoms with Crippen molar-refractivity contribution in [2.75, 3.05) is 6.54 Å². The average Bonchev–Trinajstić information content (AvgIpc) is 2.93. The van der Waals surface area contributed by atoms with Gasteiger partial charge in [0.2, 0.25) is 4.80 Å². The van der Waals surface area contributed by atoms with Crippen LogP contribution >= 0.6 is 11.3 Å². The van der Waals surface area contributed by atoms with Crippen LogP contribution < -0.4 is 4.80 Å². The molecule has 0 saturated carbocycles. The van der Waals surface area contributed by atoms with Crippen molar-refractivity contribution in [2.45, 2.75) is 26.7 Å². The van der Waals surface area contributed by atoms with Crippen LogP contribution in [0.4, 0.5) is 4.39 Å². The molecule has 1 aromatic heterocycles. The molecule has 0 aliphatic heterocycles. The van der Waals surface area contributed by atoms with Crippen LogP contribution in [0.3, 0.4) is 0 Å². The molecule has 0 spiro atoms. The van der Waals surface area contributed by atoms with Crippen molar-refractivity contribution < 1.29 is 4.39 Å². The molecule has 0 aliphatic rings. The first kappa shape index (κ1) is 16.4. The zero-order chi connectivity index (χ0) is 15.9. The maximum absolute atomic E-state index is 14.1. The summed E-state index contributed by atoms with van der Waals surface area (Å²) in [4.78, 5) is 5.20. The molecule has 2 rings (SSSR count). The van der Waals surface area contributed by atoms with Crippen LogP contribution in [0, 0.1) is 5.82 Å². The molecule has 1 heterocycles. The predicted octanol–water partition coefficient (Wildman–Crippen LogP) is 4.47. The second-order valence-electron chi connectivity index (χ2n) is 4.70. The number of rotatable bonds is 6. The summed E-state index contributed by atoms with van der Waals surface area (Å²) in [5.74, 6) is -0.255. The second-order valence-corrected chi connectivity index (χ2v) is 5.53. The lowest BCUT2D eigenvalue weighted by Crippen LogP contribution is -2.15. The van der Waals surface area contributed by atoms with Gasteiger partial charge >= 0.3 is 0 Å². The van der Waals surface area contributed by atoms with Crippen molar-refractivity contribution in [1.29, 1.82) is 0 Å². The Hall–Kier alpha value is -2.01. The van der Waals surface area contributed by atoms with Gasteiger partial charge < -0.3 is 0 Å². The third-order valence-corrected chi connectivity index (χ3v) is 4.10. The summed E-state index contributed by atoms with van der Waals surface area (Å²) < 4.78 is 15.9. The van der Waals surface area contributed by atoms with Gasteiger partial charge in [0.25, 0.3) is 0 Å². The lowest BCUT2D eigenvalue weighted by molar-refractivity contribution is 0.629. The van der Waals surface area contributed by atoms with Gasteiger partial charge in [-0.3, -0.25) is 4.99 Å². The molecule has 0 fully saturated rings. The number of hydrogen-bond acceptors (Lipinski definition) is 3. The van der Waals surface area contributed by atoms with Gasteiger partial charge in [-0.05, 0) is 25.0 Å². The third kappa shape index (κ3) is 3.60. The van der Waals surface area contributed by atoms with E-state index in [4.69, 9.17) is 0 Å². The molecule has 3 nitrogen and oxygen atoms in total. The fraction of sp³-hybridized carbons (Fsp3) is 0.294. The zero-order valence-corrected chi connectivity index (χ0v) is 13.7. The molecule has 0 bridgehead atoms. The maximum Gasteiger partial charge on any atom is 0.206 e. The number of aromatic nitrogens is 1. The first-order chi connectivity index (χ1) is 10.7. The van der Waals surface area contributed by atoms with Crippen molar-refractivity contribution in [3.63, 3.8) is 0 Å². The van der Waals surface area contributed by atoms with Gasteiger partial charge in [0.15, 0.2) is 0 Å². The van der Waals surface area contributed by atoms with Crippen LogP contribution in [-0.4, -0.2) is 16.9 Å². The van der Waals surface area contributed by atoms with Crippen molar-refractivity contribution >= 4 is 17.0 Å². The molecule has 0 atom stereocenters. The van der Waals surface area contributed by atoms with E-state index in [2.05, 4.69) is 30.5 Å². The highest BCUT2D eigenvalue weighted by atomic mass is 32.1. The third-order valence-electron chi connectivity index (χ3n) is 3.25. The maximum atomic E-state index is 14.1. The fourth-order valence-electron chi connectivity index (χ4n) is 2.03. The summed E-state index contributed by atoms with van der Waals surface area (Å²) in [6.07, 6.45) is 3.45. The highest BCUT2D eigenvalue weighted by Gasteiger charge is 2.11. The monoisotopic (exact) mass is 317 g/mol. The van der Waals surface area contributed by atoms with E-state index in [0.717, 1.165) is 29.0 Å². The van der Waals surface area contributed by atoms with E-state index in [9.17, 15) is 4.39 Å². The molecule has 0 unspecified atom stereocenters. The first-order valence-electron chi connectivity index (χ1n) is 7.34. The summed E-state index contributed by atoms with van der Waals surface area (Å²) in [7, 11) is 0. The number of thiazole rings is 1. The smallest absolute Gasteiger partial charge is 0.206 e. The highest BCUT2D eigenvalue weighted by molar-refractivity contribution is 7.07. The van der Waals surface area contributed by atoms with Crippen molar-refractivity contribution in [3.05, 3.63) is 52.9 Å². The van der Waals surface area contributed by atoms with Crippen LogP contribution in [-0.2, 0) is 0 Å². The van der Waals surface area contributed by atoms with Crippen LogP contribution in [0.5, 0.6) is 0 Å². The van der Waals surface area contributed by atoms with Gasteiger partial charge in [-0.15, -0.1) is 17.9 Å². The van der Waals surface area contributed by atoms with E-state index in [0.29, 0.717) is 12.1 Å². The molecule has 1 aromatic carbocycles. The van der Waals surface area contributed by atoms with E-state index in [1.54, 1.807) is 22.9 Å². The minimum absolute atomic E-state index is 0.255. The lowest BCUT2D eigenvalue weighted by atomic mass is 10.1. The van der Waals surface area contributed by atoms with Gasteiger partial charge in [0.05, 0.1) is 12.2 Å². The van der Waals surface area contributed by atoms with Gasteiger partial charge in [-0.1, -0.05) is 32.1 Å². The van der Waals surface area contributed by atoms with Crippen molar-refractivity contribution in [2.24, 2.45) is 10.1 Å². The summed E-state index contributed by atoms with van der Waals surface area (Å²) in [6.45, 7) is 8.33. The predicted molar refractivity (Wildman–Crippen MR) is 91.7 cm³/mol. The van der Waals surface area contributed by atoms with E-state index in [1.165, 1.54) is 17.4 Å². The van der Waals surface area contributed by atoms with Crippen LogP contribution in [0.25, 0.3) is 11.3 Å². The minimum Gasteiger partial charge on any atom is -0.253 e. The quantitative estimate of drug-likeness (QED) is 0.556. The highest BCUT2D eigenvalue weighted by Crippen LogP contribution is 2.23. The number of hydrogen-bond donors (Lipinski definition) is 0. The Morgan fingerprint density at radius 1 is 1.32 bits per heavy atom. The summed E-state index contributed by atoms with van der Waals surface area (Å²) in [5.41, 5.74) is 2.32. The van der Waals surface area contributed by atoms with Crippen LogP contribution in [0.1, 0.15) is 26.7 Å². The first-order valence-corrected chi connectivity index (χ1v) is 8.22. The van der Waals surface area contributed by atoms with Gasteiger partial charge in [0, 0.05) is 16.7 Å². The Morgan fingerprint density at radius 3 is 2.68 bits per heavy atom. The molecule has 0 N–H and O–H groups in total. The Balaban J connectivity index is 2.65. The molecular formula is C17H20FN3S. The van der Waals surface area contributed by atoms with Crippen LogP contribution in [0.2, 0.25) is 0 Å². The number of benzene rings is 1. The molecule has 0 amide bonds. The molecule has 5 heteroatoms. The fourth-order valence-corrected chi connectivity index (χ4v) is 2.87. The van der Waals surface area contributed by atoms with Gasteiger partial charge in [-0.25, -0.2) is 9.07 Å². The summed E-state index contributed by atoms with van der Waals surface area (Å²) >= 11 is 1.46. The molecule has 116 valence electrons. The normalized spacial score (nSPS) is 11.5. The Labute approximate surface area is 134 Å². The SMILES string of the molecule is C=CCN=c1scc(-c2ccccc2F)n1N=C(CC)CC. The Kier molecular flexibility index (Phi) is 5.83. The van der Waals surface area contributed by atoms with Crippen molar-refractivity contribution in [3.8, 4) is 11.3 Å². The number of nitrogens with zero attached hydrogens (tertiary/aromatic N) is 3. The second kappa shape index (κ2) is 7.84. The topological polar surface area (TPSA) is 29.6 Å². The van der Waals surface area contributed by atoms with Gasteiger partial charge in [0.1, 0.15) is 5.82 Å². The van der Waals surface area contributed by atoms with E-state index < -0.39 is 0 Å². The lowest BCUT2D eigenvalue weighted by Gasteiger charge is -2.07. The van der Waals surface area contributed by atoms with Crippen molar-refractivity contribution in [1.82, 2.24) is 4.68 Å². The van der Waals surface area contributed by atoms with E-state index in [-0.39, 0.29) is 5.82 Å².